The molecule has 0 aliphatic heterocycles. The van der Waals surface area contributed by atoms with Crippen LogP contribution in [0.2, 0.25) is 0 Å². The normalized spacial score (nSPS) is 11.3. The summed E-state index contributed by atoms with van der Waals surface area (Å²) in [5.41, 5.74) is 5.45. The predicted molar refractivity (Wildman–Crippen MR) is 75.4 cm³/mol. The molecule has 2 N–H and O–H groups in total. The van der Waals surface area contributed by atoms with E-state index in [1.807, 2.05) is 11.8 Å². The zero-order valence-electron chi connectivity index (χ0n) is 10.9. The molecule has 0 spiro atoms. The van der Waals surface area contributed by atoms with E-state index in [0.717, 1.165) is 42.5 Å². The molecule has 98 valence electrons. The lowest BCUT2D eigenvalue weighted by Crippen LogP contribution is -2.12. The Morgan fingerprint density at radius 1 is 1.24 bits per heavy atom. The van der Waals surface area contributed by atoms with Crippen molar-refractivity contribution in [3.63, 3.8) is 0 Å². The molecule has 0 aliphatic rings. The number of nitrogens with two attached hydrogens (primary N) is 1. The number of rotatable bonds is 9. The van der Waals surface area contributed by atoms with Crippen molar-refractivity contribution in [2.45, 2.75) is 25.0 Å². The summed E-state index contributed by atoms with van der Waals surface area (Å²) in [5.74, 6) is 4.13. The second-order valence-corrected chi connectivity index (χ2v) is 5.57. The Kier molecular flexibility index (Phi) is 7.40. The summed E-state index contributed by atoms with van der Waals surface area (Å²) in [4.78, 5) is 2.22. The fourth-order valence-electron chi connectivity index (χ4n) is 1.62. The molecule has 0 radical (unpaired) electrons. The third-order valence-corrected chi connectivity index (χ3v) is 3.52. The van der Waals surface area contributed by atoms with Crippen LogP contribution in [0.4, 0.5) is 0 Å². The lowest BCUT2D eigenvalue weighted by Gasteiger charge is -2.07. The zero-order chi connectivity index (χ0) is 12.5. The third-order valence-electron chi connectivity index (χ3n) is 2.50. The highest BCUT2D eigenvalue weighted by atomic mass is 32.2. The van der Waals surface area contributed by atoms with Crippen molar-refractivity contribution < 1.29 is 4.42 Å². The van der Waals surface area contributed by atoms with E-state index < -0.39 is 0 Å². The number of unbranched alkanes of at least 4 members (excludes halogenated alkanes) is 1. The molecule has 4 heteroatoms. The van der Waals surface area contributed by atoms with Crippen molar-refractivity contribution in [1.29, 1.82) is 0 Å². The van der Waals surface area contributed by atoms with Gasteiger partial charge in [-0.25, -0.2) is 0 Å². The Bertz CT molecular complexity index is 299. The van der Waals surface area contributed by atoms with Gasteiger partial charge in [-0.1, -0.05) is 0 Å². The van der Waals surface area contributed by atoms with Crippen LogP contribution in [0.5, 0.6) is 0 Å². The van der Waals surface area contributed by atoms with Crippen molar-refractivity contribution in [1.82, 2.24) is 4.90 Å². The first-order chi connectivity index (χ1) is 8.22. The van der Waals surface area contributed by atoms with Crippen molar-refractivity contribution >= 4 is 11.8 Å². The van der Waals surface area contributed by atoms with Gasteiger partial charge in [0.2, 0.25) is 0 Å². The molecular formula is C13H24N2OS. The quantitative estimate of drug-likeness (QED) is 0.689. The maximum Gasteiger partial charge on any atom is 0.114 e. The summed E-state index contributed by atoms with van der Waals surface area (Å²) in [6, 6.07) is 4.19. The molecule has 1 aromatic rings. The first kappa shape index (κ1) is 14.6. The maximum atomic E-state index is 5.76. The summed E-state index contributed by atoms with van der Waals surface area (Å²) >= 11 is 1.83. The van der Waals surface area contributed by atoms with E-state index in [1.165, 1.54) is 12.8 Å². The fraction of sp³-hybridized carbons (Fsp3) is 0.692. The minimum Gasteiger partial charge on any atom is -0.465 e. The van der Waals surface area contributed by atoms with Gasteiger partial charge in [0.05, 0.1) is 5.75 Å². The van der Waals surface area contributed by atoms with Gasteiger partial charge in [0.25, 0.3) is 0 Å². The van der Waals surface area contributed by atoms with Crippen LogP contribution in [0.25, 0.3) is 0 Å². The average molecular weight is 256 g/mol. The zero-order valence-corrected chi connectivity index (χ0v) is 11.8. The van der Waals surface area contributed by atoms with Gasteiger partial charge in [0, 0.05) is 18.7 Å². The second-order valence-electron chi connectivity index (χ2n) is 4.47. The van der Waals surface area contributed by atoms with Crippen LogP contribution in [-0.2, 0) is 12.2 Å². The van der Waals surface area contributed by atoms with Crippen LogP contribution < -0.4 is 5.73 Å². The van der Waals surface area contributed by atoms with E-state index in [1.54, 1.807) is 0 Å². The Labute approximate surface area is 109 Å². The Balaban J connectivity index is 2.16. The van der Waals surface area contributed by atoms with Gasteiger partial charge in [-0.15, -0.1) is 0 Å². The molecule has 1 rings (SSSR count). The van der Waals surface area contributed by atoms with E-state index >= 15 is 0 Å². The average Bonchev–Trinajstić information content (AvgIpc) is 2.73. The minimum atomic E-state index is 0.739. The molecule has 3 nitrogen and oxygen atoms in total. The Morgan fingerprint density at radius 2 is 2.00 bits per heavy atom. The molecule has 0 amide bonds. The molecule has 0 bridgehead atoms. The molecule has 1 aromatic heterocycles. The fourth-order valence-corrected chi connectivity index (χ4v) is 2.28. The van der Waals surface area contributed by atoms with Crippen LogP contribution in [0.1, 0.15) is 24.4 Å². The smallest absolute Gasteiger partial charge is 0.114 e. The SMILES string of the molecule is CN(C)CCCCc1ccc(CSCCN)o1. The molecule has 0 aromatic carbocycles. The summed E-state index contributed by atoms with van der Waals surface area (Å²) in [6.07, 6.45) is 3.47. The van der Waals surface area contributed by atoms with E-state index in [4.69, 9.17) is 10.2 Å². The summed E-state index contributed by atoms with van der Waals surface area (Å²) in [6.45, 7) is 1.89. The van der Waals surface area contributed by atoms with E-state index in [0.29, 0.717) is 0 Å². The number of furan rings is 1. The van der Waals surface area contributed by atoms with Crippen molar-refractivity contribution in [3.8, 4) is 0 Å². The number of thioether (sulfide) groups is 1. The molecule has 1 heterocycles. The van der Waals surface area contributed by atoms with Crippen LogP contribution in [-0.4, -0.2) is 37.8 Å². The van der Waals surface area contributed by atoms with Gasteiger partial charge in [-0.2, -0.15) is 11.8 Å². The molecule has 0 aliphatic carbocycles. The summed E-state index contributed by atoms with van der Waals surface area (Å²) in [7, 11) is 4.22. The van der Waals surface area contributed by atoms with Gasteiger partial charge in [0.1, 0.15) is 11.5 Å². The number of hydrogen-bond donors (Lipinski definition) is 1. The standard InChI is InChI=1S/C13H24N2OS/c1-15(2)9-4-3-5-12-6-7-13(16-12)11-17-10-8-14/h6-7H,3-5,8-11,14H2,1-2H3. The second kappa shape index (κ2) is 8.61. The molecule has 17 heavy (non-hydrogen) atoms. The van der Waals surface area contributed by atoms with E-state index in [2.05, 4.69) is 31.1 Å². The van der Waals surface area contributed by atoms with Crippen molar-refractivity contribution in [2.24, 2.45) is 5.73 Å². The summed E-state index contributed by atoms with van der Waals surface area (Å²) in [5, 5.41) is 0. The molecular weight excluding hydrogens is 232 g/mol. The molecule has 0 fully saturated rings. The highest BCUT2D eigenvalue weighted by molar-refractivity contribution is 7.98. The first-order valence-corrected chi connectivity index (χ1v) is 7.38. The molecule has 0 atom stereocenters. The van der Waals surface area contributed by atoms with E-state index in [-0.39, 0.29) is 0 Å². The Hall–Kier alpha value is -0.450. The number of hydrogen-bond acceptors (Lipinski definition) is 4. The van der Waals surface area contributed by atoms with Gasteiger partial charge < -0.3 is 15.1 Å². The minimum absolute atomic E-state index is 0.739. The molecule has 0 saturated carbocycles. The van der Waals surface area contributed by atoms with Gasteiger partial charge in [-0.05, 0) is 45.6 Å². The Morgan fingerprint density at radius 3 is 2.71 bits per heavy atom. The van der Waals surface area contributed by atoms with Gasteiger partial charge in [-0.3, -0.25) is 0 Å². The lowest BCUT2D eigenvalue weighted by atomic mass is 10.2. The van der Waals surface area contributed by atoms with Crippen molar-refractivity contribution in [2.75, 3.05) is 32.9 Å². The lowest BCUT2D eigenvalue weighted by molar-refractivity contribution is 0.388. The van der Waals surface area contributed by atoms with Crippen molar-refractivity contribution in [3.05, 3.63) is 23.7 Å². The highest BCUT2D eigenvalue weighted by Gasteiger charge is 2.02. The molecule has 0 unspecified atom stereocenters. The summed E-state index contributed by atoms with van der Waals surface area (Å²) < 4.78 is 5.76. The third kappa shape index (κ3) is 6.76. The highest BCUT2D eigenvalue weighted by Crippen LogP contribution is 2.16. The topological polar surface area (TPSA) is 42.4 Å². The van der Waals surface area contributed by atoms with Gasteiger partial charge >= 0.3 is 0 Å². The van der Waals surface area contributed by atoms with Crippen LogP contribution >= 0.6 is 11.8 Å². The van der Waals surface area contributed by atoms with E-state index in [9.17, 15) is 0 Å². The first-order valence-electron chi connectivity index (χ1n) is 6.22. The van der Waals surface area contributed by atoms with Crippen LogP contribution in [0, 0.1) is 0 Å². The monoisotopic (exact) mass is 256 g/mol. The number of nitrogens with zero attached hydrogens (tertiary/aromatic N) is 1. The molecule has 0 saturated heterocycles. The maximum absolute atomic E-state index is 5.76. The number of aryl methyl sites for hydroxylation is 1. The van der Waals surface area contributed by atoms with Gasteiger partial charge in [0.15, 0.2) is 0 Å². The predicted octanol–water partition coefficient (Wildman–Crippen LogP) is 2.36. The van der Waals surface area contributed by atoms with Crippen LogP contribution in [0.3, 0.4) is 0 Å². The van der Waals surface area contributed by atoms with Crippen LogP contribution in [0.15, 0.2) is 16.5 Å². The largest absolute Gasteiger partial charge is 0.465 e.